The van der Waals surface area contributed by atoms with Gasteiger partial charge in [-0.3, -0.25) is 0 Å². The summed E-state index contributed by atoms with van der Waals surface area (Å²) in [6, 6.07) is 1.50. The van der Waals surface area contributed by atoms with Crippen LogP contribution in [0.2, 0.25) is 0 Å². The Kier molecular flexibility index (Phi) is 8.01. The number of likely N-dealkylation sites (N-methyl/N-ethyl adjacent to an activating group) is 1. The Morgan fingerprint density at radius 2 is 1.89 bits per heavy atom. The molecule has 2 heteroatoms. The Hall–Kier alpha value is -0.0800. The van der Waals surface area contributed by atoms with E-state index in [4.69, 9.17) is 0 Å². The molecule has 1 rings (SSSR count). The molecule has 3 unspecified atom stereocenters. The Morgan fingerprint density at radius 1 is 1.16 bits per heavy atom. The molecular weight excluding hydrogens is 232 g/mol. The Bertz CT molecular complexity index is 227. The van der Waals surface area contributed by atoms with Crippen molar-refractivity contribution in [3.05, 3.63) is 0 Å². The number of rotatable bonds is 8. The van der Waals surface area contributed by atoms with Crippen molar-refractivity contribution in [2.24, 2.45) is 11.8 Å². The van der Waals surface area contributed by atoms with Crippen LogP contribution in [0.3, 0.4) is 0 Å². The fourth-order valence-electron chi connectivity index (χ4n) is 3.16. The minimum Gasteiger partial charge on any atom is -0.313 e. The Balaban J connectivity index is 2.10. The number of hydrogen-bond donors (Lipinski definition) is 1. The smallest absolute Gasteiger partial charge is 0.0107 e. The van der Waals surface area contributed by atoms with Gasteiger partial charge < -0.3 is 10.2 Å². The lowest BCUT2D eigenvalue weighted by Gasteiger charge is -2.34. The van der Waals surface area contributed by atoms with E-state index in [2.05, 4.69) is 45.0 Å². The van der Waals surface area contributed by atoms with Crippen LogP contribution in [0.4, 0.5) is 0 Å². The van der Waals surface area contributed by atoms with Crippen molar-refractivity contribution in [1.29, 1.82) is 0 Å². The van der Waals surface area contributed by atoms with Crippen LogP contribution in [-0.2, 0) is 0 Å². The molecule has 0 spiro atoms. The summed E-state index contributed by atoms with van der Waals surface area (Å²) in [5.74, 6) is 1.76. The molecule has 114 valence electrons. The van der Waals surface area contributed by atoms with Gasteiger partial charge in [-0.25, -0.2) is 0 Å². The first kappa shape index (κ1) is 17.0. The third-order valence-corrected chi connectivity index (χ3v) is 4.67. The van der Waals surface area contributed by atoms with Crippen molar-refractivity contribution in [3.8, 4) is 0 Å². The first-order chi connectivity index (χ1) is 8.99. The maximum absolute atomic E-state index is 3.68. The highest BCUT2D eigenvalue weighted by atomic mass is 15.1. The fraction of sp³-hybridized carbons (Fsp3) is 1.00. The monoisotopic (exact) mass is 268 g/mol. The quantitative estimate of drug-likeness (QED) is 0.718. The molecule has 0 aliphatic heterocycles. The zero-order valence-electron chi connectivity index (χ0n) is 13.9. The second kappa shape index (κ2) is 8.97. The van der Waals surface area contributed by atoms with E-state index in [9.17, 15) is 0 Å². The average Bonchev–Trinajstić information content (AvgIpc) is 2.36. The summed E-state index contributed by atoms with van der Waals surface area (Å²) in [7, 11) is 2.31. The molecule has 1 aliphatic rings. The van der Waals surface area contributed by atoms with E-state index in [0.29, 0.717) is 6.04 Å². The SMILES string of the molecule is CC(C)CCC(C)NCCN(C)C1CCCC(C)C1. The second-order valence-electron chi connectivity index (χ2n) is 7.23. The molecule has 0 saturated heterocycles. The standard InChI is InChI=1S/C17H36N2/c1-14(2)9-10-16(4)18-11-12-19(5)17-8-6-7-15(3)13-17/h14-18H,6-13H2,1-5H3. The van der Waals surface area contributed by atoms with Gasteiger partial charge in [-0.15, -0.1) is 0 Å². The van der Waals surface area contributed by atoms with Gasteiger partial charge in [0, 0.05) is 25.2 Å². The molecular formula is C17H36N2. The summed E-state index contributed by atoms with van der Waals surface area (Å²) in [6.45, 7) is 11.7. The normalized spacial score (nSPS) is 26.1. The zero-order chi connectivity index (χ0) is 14.3. The summed E-state index contributed by atoms with van der Waals surface area (Å²) < 4.78 is 0. The van der Waals surface area contributed by atoms with E-state index in [-0.39, 0.29) is 0 Å². The molecule has 0 aromatic carbocycles. The molecule has 1 N–H and O–H groups in total. The summed E-state index contributed by atoms with van der Waals surface area (Å²) in [6.07, 6.45) is 8.32. The molecule has 1 aliphatic carbocycles. The van der Waals surface area contributed by atoms with E-state index in [0.717, 1.165) is 24.4 Å². The van der Waals surface area contributed by atoms with Crippen LogP contribution in [0.1, 0.15) is 66.2 Å². The van der Waals surface area contributed by atoms with Crippen molar-refractivity contribution in [2.45, 2.75) is 78.3 Å². The van der Waals surface area contributed by atoms with Gasteiger partial charge in [-0.2, -0.15) is 0 Å². The molecule has 0 aromatic heterocycles. The van der Waals surface area contributed by atoms with Gasteiger partial charge in [-0.1, -0.05) is 33.6 Å². The largest absolute Gasteiger partial charge is 0.313 e. The highest BCUT2D eigenvalue weighted by Crippen LogP contribution is 2.26. The maximum atomic E-state index is 3.68. The maximum Gasteiger partial charge on any atom is 0.0107 e. The highest BCUT2D eigenvalue weighted by molar-refractivity contribution is 4.77. The Morgan fingerprint density at radius 3 is 2.53 bits per heavy atom. The van der Waals surface area contributed by atoms with Gasteiger partial charge in [0.05, 0.1) is 0 Å². The average molecular weight is 268 g/mol. The summed E-state index contributed by atoms with van der Waals surface area (Å²) in [4.78, 5) is 2.58. The van der Waals surface area contributed by atoms with E-state index in [1.54, 1.807) is 0 Å². The molecule has 2 nitrogen and oxygen atoms in total. The van der Waals surface area contributed by atoms with Crippen LogP contribution in [-0.4, -0.2) is 37.1 Å². The van der Waals surface area contributed by atoms with Crippen LogP contribution in [0.5, 0.6) is 0 Å². The summed E-state index contributed by atoms with van der Waals surface area (Å²) in [5.41, 5.74) is 0. The van der Waals surface area contributed by atoms with Crippen molar-refractivity contribution in [1.82, 2.24) is 10.2 Å². The first-order valence-corrected chi connectivity index (χ1v) is 8.42. The van der Waals surface area contributed by atoms with Crippen LogP contribution in [0.15, 0.2) is 0 Å². The van der Waals surface area contributed by atoms with Crippen molar-refractivity contribution >= 4 is 0 Å². The molecule has 0 bridgehead atoms. The van der Waals surface area contributed by atoms with Crippen molar-refractivity contribution in [3.63, 3.8) is 0 Å². The lowest BCUT2D eigenvalue weighted by Crippen LogP contribution is -2.41. The second-order valence-corrected chi connectivity index (χ2v) is 7.23. The van der Waals surface area contributed by atoms with Crippen LogP contribution in [0, 0.1) is 11.8 Å². The lowest BCUT2D eigenvalue weighted by molar-refractivity contribution is 0.163. The predicted octanol–water partition coefficient (Wildman–Crippen LogP) is 3.91. The third kappa shape index (κ3) is 7.31. The molecule has 1 saturated carbocycles. The molecule has 1 fully saturated rings. The van der Waals surface area contributed by atoms with E-state index >= 15 is 0 Å². The number of nitrogens with zero attached hydrogens (tertiary/aromatic N) is 1. The minimum absolute atomic E-state index is 0.668. The van der Waals surface area contributed by atoms with Gasteiger partial charge in [0.25, 0.3) is 0 Å². The summed E-state index contributed by atoms with van der Waals surface area (Å²) >= 11 is 0. The molecule has 0 heterocycles. The van der Waals surface area contributed by atoms with Gasteiger partial charge in [0.2, 0.25) is 0 Å². The summed E-state index contributed by atoms with van der Waals surface area (Å²) in [5, 5.41) is 3.68. The number of nitrogens with one attached hydrogen (secondary N) is 1. The first-order valence-electron chi connectivity index (χ1n) is 8.42. The van der Waals surface area contributed by atoms with E-state index in [1.807, 2.05) is 0 Å². The van der Waals surface area contributed by atoms with Crippen LogP contribution in [0.25, 0.3) is 0 Å². The van der Waals surface area contributed by atoms with Crippen molar-refractivity contribution in [2.75, 3.05) is 20.1 Å². The van der Waals surface area contributed by atoms with Crippen molar-refractivity contribution < 1.29 is 0 Å². The minimum atomic E-state index is 0.668. The molecule has 0 radical (unpaired) electrons. The highest BCUT2D eigenvalue weighted by Gasteiger charge is 2.21. The lowest BCUT2D eigenvalue weighted by atomic mass is 9.86. The molecule has 0 aromatic rings. The van der Waals surface area contributed by atoms with Gasteiger partial charge in [0.1, 0.15) is 0 Å². The van der Waals surface area contributed by atoms with Gasteiger partial charge in [-0.05, 0) is 51.5 Å². The molecule has 19 heavy (non-hydrogen) atoms. The molecule has 3 atom stereocenters. The van der Waals surface area contributed by atoms with E-state index < -0.39 is 0 Å². The Labute approximate surface area is 121 Å². The van der Waals surface area contributed by atoms with Crippen LogP contribution >= 0.6 is 0 Å². The topological polar surface area (TPSA) is 15.3 Å². The fourth-order valence-corrected chi connectivity index (χ4v) is 3.16. The van der Waals surface area contributed by atoms with Gasteiger partial charge >= 0.3 is 0 Å². The third-order valence-electron chi connectivity index (χ3n) is 4.67. The number of hydrogen-bond acceptors (Lipinski definition) is 2. The predicted molar refractivity (Wildman–Crippen MR) is 85.6 cm³/mol. The van der Waals surface area contributed by atoms with Gasteiger partial charge in [0.15, 0.2) is 0 Å². The molecule has 0 amide bonds. The zero-order valence-corrected chi connectivity index (χ0v) is 13.9. The van der Waals surface area contributed by atoms with Crippen LogP contribution < -0.4 is 5.32 Å². The van der Waals surface area contributed by atoms with E-state index in [1.165, 1.54) is 45.1 Å².